The van der Waals surface area contributed by atoms with Gasteiger partial charge in [0.2, 0.25) is 5.91 Å². The maximum atomic E-state index is 10.9. The van der Waals surface area contributed by atoms with E-state index in [9.17, 15) is 9.59 Å². The summed E-state index contributed by atoms with van der Waals surface area (Å²) in [4.78, 5) is 21.7. The van der Waals surface area contributed by atoms with Crippen molar-refractivity contribution in [3.63, 3.8) is 0 Å². The second kappa shape index (κ2) is 2.75. The van der Waals surface area contributed by atoms with Crippen LogP contribution in [0.15, 0.2) is 0 Å². The predicted octanol–water partition coefficient (Wildman–Crippen LogP) is -0.946. The molecule has 0 aliphatic heterocycles. The molecular formula is C7H12N2O3. The third-order valence-electron chi connectivity index (χ3n) is 2.54. The van der Waals surface area contributed by atoms with Gasteiger partial charge in [0, 0.05) is 6.04 Å². The van der Waals surface area contributed by atoms with E-state index in [4.69, 9.17) is 16.6 Å². The van der Waals surface area contributed by atoms with Crippen molar-refractivity contribution in [1.82, 2.24) is 0 Å². The molecule has 0 radical (unpaired) electrons. The predicted molar refractivity (Wildman–Crippen MR) is 41.1 cm³/mol. The molecule has 5 nitrogen and oxygen atoms in total. The minimum atomic E-state index is -1.51. The number of amides is 1. The van der Waals surface area contributed by atoms with E-state index >= 15 is 0 Å². The first-order valence-corrected chi connectivity index (χ1v) is 3.80. The molecule has 1 amide bonds. The van der Waals surface area contributed by atoms with Gasteiger partial charge in [-0.2, -0.15) is 0 Å². The third kappa shape index (κ3) is 0.972. The van der Waals surface area contributed by atoms with Gasteiger partial charge in [0.05, 0.1) is 0 Å². The van der Waals surface area contributed by atoms with Gasteiger partial charge in [0.15, 0.2) is 5.41 Å². The Morgan fingerprint density at radius 3 is 2.25 bits per heavy atom. The molecule has 0 aromatic heterocycles. The van der Waals surface area contributed by atoms with Gasteiger partial charge in [0.25, 0.3) is 0 Å². The second-order valence-electron chi connectivity index (χ2n) is 3.14. The summed E-state index contributed by atoms with van der Waals surface area (Å²) in [5.41, 5.74) is 9.04. The average molecular weight is 172 g/mol. The van der Waals surface area contributed by atoms with Crippen molar-refractivity contribution >= 4 is 11.9 Å². The fourth-order valence-corrected chi connectivity index (χ4v) is 1.71. The van der Waals surface area contributed by atoms with E-state index in [2.05, 4.69) is 0 Å². The highest BCUT2D eigenvalue weighted by Crippen LogP contribution is 2.37. The maximum Gasteiger partial charge on any atom is 0.320 e. The Kier molecular flexibility index (Phi) is 2.06. The number of aliphatic carboxylic acids is 1. The van der Waals surface area contributed by atoms with Crippen molar-refractivity contribution in [2.75, 3.05) is 0 Å². The molecule has 0 spiro atoms. The summed E-state index contributed by atoms with van der Waals surface area (Å²) in [5.74, 6) is -2.01. The lowest BCUT2D eigenvalue weighted by molar-refractivity contribution is -0.155. The summed E-state index contributed by atoms with van der Waals surface area (Å²) >= 11 is 0. The monoisotopic (exact) mass is 172 g/mol. The summed E-state index contributed by atoms with van der Waals surface area (Å²) in [6.07, 6.45) is 1.46. The summed E-state index contributed by atoms with van der Waals surface area (Å²) in [7, 11) is 0. The van der Waals surface area contributed by atoms with Crippen molar-refractivity contribution in [2.45, 2.75) is 25.3 Å². The zero-order valence-corrected chi connectivity index (χ0v) is 6.62. The highest BCUT2D eigenvalue weighted by molar-refractivity contribution is 6.02. The zero-order valence-electron chi connectivity index (χ0n) is 6.62. The van der Waals surface area contributed by atoms with Crippen LogP contribution in [0.3, 0.4) is 0 Å². The molecule has 1 aliphatic carbocycles. The molecule has 5 N–H and O–H groups in total. The minimum Gasteiger partial charge on any atom is -0.480 e. The Labute approximate surface area is 69.7 Å². The molecule has 1 rings (SSSR count). The van der Waals surface area contributed by atoms with Crippen LogP contribution in [0.2, 0.25) is 0 Å². The van der Waals surface area contributed by atoms with Crippen LogP contribution in [0.5, 0.6) is 0 Å². The topological polar surface area (TPSA) is 106 Å². The van der Waals surface area contributed by atoms with Gasteiger partial charge < -0.3 is 16.6 Å². The number of carbonyl (C=O) groups is 2. The van der Waals surface area contributed by atoms with Crippen LogP contribution in [0.1, 0.15) is 19.3 Å². The Hall–Kier alpha value is -1.10. The first kappa shape index (κ1) is 8.99. The lowest BCUT2D eigenvalue weighted by atomic mass is 9.82. The summed E-state index contributed by atoms with van der Waals surface area (Å²) in [5, 5.41) is 8.82. The van der Waals surface area contributed by atoms with Crippen molar-refractivity contribution in [2.24, 2.45) is 16.9 Å². The van der Waals surface area contributed by atoms with Gasteiger partial charge in [-0.15, -0.1) is 0 Å². The van der Waals surface area contributed by atoms with E-state index in [1.54, 1.807) is 0 Å². The van der Waals surface area contributed by atoms with Crippen LogP contribution >= 0.6 is 0 Å². The largest absolute Gasteiger partial charge is 0.480 e. The number of primary amides is 1. The lowest BCUT2D eigenvalue weighted by Gasteiger charge is -2.24. The van der Waals surface area contributed by atoms with Crippen molar-refractivity contribution in [3.05, 3.63) is 0 Å². The third-order valence-corrected chi connectivity index (χ3v) is 2.54. The molecule has 2 atom stereocenters. The van der Waals surface area contributed by atoms with Crippen LogP contribution < -0.4 is 11.5 Å². The molecule has 0 aromatic carbocycles. The van der Waals surface area contributed by atoms with Crippen LogP contribution in [0.25, 0.3) is 0 Å². The number of carboxylic acid groups (broad SMARTS) is 1. The first-order chi connectivity index (χ1) is 5.51. The quantitative estimate of drug-likeness (QED) is 0.467. The standard InChI is InChI=1S/C7H12N2O3/c8-4-2-1-3-7(4,5(9)10)6(11)12/h4H,1-3,8H2,(H2,9,10)(H,11,12). The summed E-state index contributed by atoms with van der Waals surface area (Å²) in [6.45, 7) is 0. The van der Waals surface area contributed by atoms with E-state index in [-0.39, 0.29) is 6.42 Å². The molecule has 0 bridgehead atoms. The fourth-order valence-electron chi connectivity index (χ4n) is 1.71. The first-order valence-electron chi connectivity index (χ1n) is 3.80. The molecule has 1 fully saturated rings. The van der Waals surface area contributed by atoms with Gasteiger partial charge in [-0.3, -0.25) is 9.59 Å². The smallest absolute Gasteiger partial charge is 0.320 e. The molecule has 1 aliphatic rings. The van der Waals surface area contributed by atoms with Crippen LogP contribution in [0, 0.1) is 5.41 Å². The van der Waals surface area contributed by atoms with Crippen LogP contribution in [-0.4, -0.2) is 23.0 Å². The Morgan fingerprint density at radius 2 is 2.08 bits per heavy atom. The molecule has 68 valence electrons. The van der Waals surface area contributed by atoms with Crippen LogP contribution in [0.4, 0.5) is 0 Å². The molecule has 0 heterocycles. The number of carbonyl (C=O) groups excluding carboxylic acids is 1. The summed E-state index contributed by atoms with van der Waals surface area (Å²) < 4.78 is 0. The van der Waals surface area contributed by atoms with Crippen molar-refractivity contribution in [1.29, 1.82) is 0 Å². The normalized spacial score (nSPS) is 34.9. The van der Waals surface area contributed by atoms with E-state index in [1.165, 1.54) is 0 Å². The fraction of sp³-hybridized carbons (Fsp3) is 0.714. The number of hydrogen-bond donors (Lipinski definition) is 3. The molecule has 12 heavy (non-hydrogen) atoms. The van der Waals surface area contributed by atoms with Gasteiger partial charge in [-0.05, 0) is 12.8 Å². The number of hydrogen-bond acceptors (Lipinski definition) is 3. The van der Waals surface area contributed by atoms with Gasteiger partial charge in [-0.25, -0.2) is 0 Å². The van der Waals surface area contributed by atoms with Crippen molar-refractivity contribution in [3.8, 4) is 0 Å². The van der Waals surface area contributed by atoms with E-state index < -0.39 is 23.3 Å². The van der Waals surface area contributed by atoms with E-state index in [1.807, 2.05) is 0 Å². The molecular weight excluding hydrogens is 160 g/mol. The van der Waals surface area contributed by atoms with E-state index in [0.29, 0.717) is 12.8 Å². The molecule has 0 aromatic rings. The van der Waals surface area contributed by atoms with Gasteiger partial charge in [0.1, 0.15) is 0 Å². The second-order valence-corrected chi connectivity index (χ2v) is 3.14. The average Bonchev–Trinajstić information content (AvgIpc) is 2.31. The SMILES string of the molecule is NC(=O)C1(C(=O)O)CCCC1N. The Bertz CT molecular complexity index is 213. The van der Waals surface area contributed by atoms with Crippen molar-refractivity contribution < 1.29 is 14.7 Å². The molecule has 5 heteroatoms. The highest BCUT2D eigenvalue weighted by atomic mass is 16.4. The molecule has 2 unspecified atom stereocenters. The molecule has 1 saturated carbocycles. The van der Waals surface area contributed by atoms with Crippen LogP contribution in [-0.2, 0) is 9.59 Å². The van der Waals surface area contributed by atoms with Gasteiger partial charge >= 0.3 is 5.97 Å². The number of carboxylic acids is 1. The van der Waals surface area contributed by atoms with Gasteiger partial charge in [-0.1, -0.05) is 6.42 Å². The Balaban J connectivity index is 3.01. The molecule has 0 saturated heterocycles. The zero-order chi connectivity index (χ0) is 9.35. The number of rotatable bonds is 2. The summed E-state index contributed by atoms with van der Waals surface area (Å²) in [6, 6.07) is -0.632. The lowest BCUT2D eigenvalue weighted by Crippen LogP contribution is -2.52. The highest BCUT2D eigenvalue weighted by Gasteiger charge is 2.52. The minimum absolute atomic E-state index is 0.263. The maximum absolute atomic E-state index is 10.9. The Morgan fingerprint density at radius 1 is 1.50 bits per heavy atom. The van der Waals surface area contributed by atoms with E-state index in [0.717, 1.165) is 0 Å². The number of nitrogens with two attached hydrogens (primary N) is 2.